The third kappa shape index (κ3) is 33.3. The molecule has 0 saturated heterocycles. The van der Waals surface area contributed by atoms with Gasteiger partial charge in [0.25, 0.3) is 18.1 Å². The first kappa shape index (κ1) is 54.3. The largest absolute Gasteiger partial charge is 0 e. The van der Waals surface area contributed by atoms with Crippen LogP contribution in [0.1, 0.15) is 40.0 Å². The molecular weight excluding hydrogens is 666 g/mol. The Morgan fingerprint density at radius 2 is 0.605 bits per heavy atom. The summed E-state index contributed by atoms with van der Waals surface area (Å²) in [6, 6.07) is -4.17. The van der Waals surface area contributed by atoms with Gasteiger partial charge in [-0.1, -0.05) is 20.8 Å². The maximum Gasteiger partial charge on any atom is 0 e. The Morgan fingerprint density at radius 3 is 0.674 bits per heavy atom. The van der Waals surface area contributed by atoms with Crippen LogP contribution in [0.3, 0.4) is 0 Å². The summed E-state index contributed by atoms with van der Waals surface area (Å²) in [5.41, 5.74) is 0. The van der Waals surface area contributed by atoms with Gasteiger partial charge in [0.15, 0.2) is 0 Å². The van der Waals surface area contributed by atoms with Crippen LogP contribution in [0.4, 0.5) is 0 Å². The van der Waals surface area contributed by atoms with Gasteiger partial charge in [0.05, 0.1) is 0 Å². The molecule has 0 spiro atoms. The first-order valence-electron chi connectivity index (χ1n) is 10.4. The zero-order valence-electron chi connectivity index (χ0n) is 22.5. The van der Waals surface area contributed by atoms with E-state index >= 15 is 0 Å². The third-order valence-corrected chi connectivity index (χ3v) is 4.22. The van der Waals surface area contributed by atoms with E-state index in [-0.39, 0.29) is 40.3 Å². The van der Waals surface area contributed by atoms with Crippen LogP contribution in [-0.2, 0) is 63.8 Å². The summed E-state index contributed by atoms with van der Waals surface area (Å²) in [4.78, 5) is 69.0. The second kappa shape index (κ2) is 35.2. The van der Waals surface area contributed by atoms with E-state index in [1.807, 2.05) is 0 Å². The van der Waals surface area contributed by atoms with Crippen molar-refractivity contribution in [1.29, 1.82) is 0 Å². The van der Waals surface area contributed by atoms with Crippen LogP contribution in [0.25, 0.3) is 14.5 Å². The predicted octanol–water partition coefficient (Wildman–Crippen LogP) is -6.71. The standard InChI is InChI=1S/3C7H9NO4.3CO.Mo/c3*1-4(6(9)10)3-5(8-2)7(11)12;3*1-2;/h3*4-5H,3H2,1H3,(H,9,10)(H,11,12);;;;/p-6. The van der Waals surface area contributed by atoms with Gasteiger partial charge in [-0.15, -0.1) is 0 Å². The van der Waals surface area contributed by atoms with E-state index in [0.717, 1.165) is 0 Å². The van der Waals surface area contributed by atoms with Crippen molar-refractivity contribution in [1.82, 2.24) is 0 Å². The summed E-state index contributed by atoms with van der Waals surface area (Å²) in [6.07, 6.45) is -0.809. The van der Waals surface area contributed by atoms with E-state index < -0.39 is 71.7 Å². The Hall–Kier alpha value is -4.80. The molecule has 0 amide bonds. The van der Waals surface area contributed by atoms with Gasteiger partial charge in [-0.3, -0.25) is 0 Å². The number of aliphatic carboxylic acids is 6. The molecule has 0 aromatic carbocycles. The molecule has 18 nitrogen and oxygen atoms in total. The van der Waals surface area contributed by atoms with E-state index in [4.69, 9.17) is 33.7 Å². The van der Waals surface area contributed by atoms with Gasteiger partial charge in [0, 0.05) is 76.0 Å². The Morgan fingerprint density at radius 1 is 0.465 bits per heavy atom. The van der Waals surface area contributed by atoms with Crippen molar-refractivity contribution in [3.05, 3.63) is 54.2 Å². The Kier molecular flexibility index (Phi) is 44.5. The van der Waals surface area contributed by atoms with Gasteiger partial charge in [-0.2, -0.15) is 0 Å². The molecule has 6 unspecified atom stereocenters. The molecule has 0 rings (SSSR count). The number of rotatable bonds is 12. The summed E-state index contributed by atoms with van der Waals surface area (Å²) in [7, 11) is 0. The average Bonchev–Trinajstić information content (AvgIpc) is 2.95. The van der Waals surface area contributed by atoms with E-state index in [0.29, 0.717) is 0 Å². The van der Waals surface area contributed by atoms with Crippen molar-refractivity contribution in [3.63, 3.8) is 0 Å². The summed E-state index contributed by atoms with van der Waals surface area (Å²) in [5.74, 6) is -11.5. The zero-order valence-corrected chi connectivity index (χ0v) is 24.5. The van der Waals surface area contributed by atoms with Gasteiger partial charge < -0.3 is 73.9 Å². The van der Waals surface area contributed by atoms with Crippen molar-refractivity contribution in [2.75, 3.05) is 0 Å². The molecule has 6 atom stereocenters. The summed E-state index contributed by atoms with van der Waals surface area (Å²) < 4.78 is 22.5. The van der Waals surface area contributed by atoms with Crippen molar-refractivity contribution < 1.29 is 94.4 Å². The monoisotopic (exact) mass is 689 g/mol. The van der Waals surface area contributed by atoms with Crippen molar-refractivity contribution in [2.45, 2.75) is 58.2 Å². The van der Waals surface area contributed by atoms with Gasteiger partial charge in [0.1, 0.15) is 17.9 Å². The second-order valence-corrected chi connectivity index (χ2v) is 7.26. The molecule has 0 N–H and O–H groups in total. The fourth-order valence-corrected chi connectivity index (χ4v) is 1.90. The summed E-state index contributed by atoms with van der Waals surface area (Å²) >= 11 is 0. The molecule has 0 saturated carbocycles. The SMILES string of the molecule is [C-]#[N+]C(CC(C)C(=O)[O-])C(=O)[O-].[C-]#[N+]C(CC(C)C(=O)[O-])C(=O)[O-].[C-]#[N+]C(CC(C)C(=O)[O-])C(=O)[O-].[C-]#[O+].[C-]#[O+].[C-]#[O+].[Mo]. The van der Waals surface area contributed by atoms with E-state index in [2.05, 4.69) is 34.5 Å². The minimum atomic E-state index is -1.54. The molecular formula is C24H21MoN3O15-6. The minimum Gasteiger partial charge on any atom is 0 e. The molecule has 0 radical (unpaired) electrons. The molecule has 19 heteroatoms. The van der Waals surface area contributed by atoms with Gasteiger partial charge in [0.2, 0.25) is 0 Å². The third-order valence-electron chi connectivity index (χ3n) is 4.22. The van der Waals surface area contributed by atoms with Crippen LogP contribution < -0.4 is 30.6 Å². The number of carbonyl (C=O) groups is 6. The number of carboxylic acids is 6. The maximum atomic E-state index is 10.2. The quantitative estimate of drug-likeness (QED) is 0.105. The molecule has 0 bridgehead atoms. The summed E-state index contributed by atoms with van der Waals surface area (Å²) in [5, 5.41) is 60.9. The van der Waals surface area contributed by atoms with Crippen LogP contribution in [0.5, 0.6) is 0 Å². The zero-order chi connectivity index (χ0) is 35.2. The fraction of sp³-hybridized carbons (Fsp3) is 0.500. The van der Waals surface area contributed by atoms with Crippen LogP contribution in [0.15, 0.2) is 0 Å². The van der Waals surface area contributed by atoms with Crippen LogP contribution >= 0.6 is 0 Å². The molecule has 0 aliphatic rings. The number of nitrogens with zero attached hydrogens (tertiary/aromatic N) is 3. The molecule has 0 heterocycles. The Balaban J connectivity index is -0.0000000819. The average molecular weight is 687 g/mol. The minimum absolute atomic E-state index is 0. The van der Waals surface area contributed by atoms with E-state index in [1.165, 1.54) is 20.8 Å². The van der Waals surface area contributed by atoms with Crippen molar-refractivity contribution >= 4 is 35.8 Å². The first-order chi connectivity index (χ1) is 19.5. The van der Waals surface area contributed by atoms with E-state index in [1.54, 1.807) is 0 Å². The second-order valence-electron chi connectivity index (χ2n) is 7.26. The van der Waals surface area contributed by atoms with Gasteiger partial charge in [-0.05, 0) is 0 Å². The predicted molar refractivity (Wildman–Crippen MR) is 114 cm³/mol. The van der Waals surface area contributed by atoms with Crippen molar-refractivity contribution in [3.8, 4) is 0 Å². The normalized spacial score (nSPS) is 12.1. The van der Waals surface area contributed by atoms with Crippen LogP contribution in [-0.4, -0.2) is 53.9 Å². The van der Waals surface area contributed by atoms with Crippen LogP contribution in [0.2, 0.25) is 0 Å². The number of carbonyl (C=O) groups excluding carboxylic acids is 6. The molecule has 234 valence electrons. The molecule has 43 heavy (non-hydrogen) atoms. The maximum absolute atomic E-state index is 10.2. The van der Waals surface area contributed by atoms with Crippen molar-refractivity contribution in [2.24, 2.45) is 17.8 Å². The molecule has 0 aromatic heterocycles. The number of hydrogen-bond donors (Lipinski definition) is 0. The number of hydrogen-bond acceptors (Lipinski definition) is 12. The molecule has 0 aliphatic heterocycles. The Labute approximate surface area is 260 Å². The molecule has 0 aromatic rings. The smallest absolute Gasteiger partial charge is 0 e. The van der Waals surface area contributed by atoms with Gasteiger partial charge in [-0.25, -0.2) is 19.7 Å². The fourth-order valence-electron chi connectivity index (χ4n) is 1.90. The number of carboxylic acid groups (broad SMARTS) is 6. The van der Waals surface area contributed by atoms with E-state index in [9.17, 15) is 59.4 Å². The molecule has 0 fully saturated rings. The Bertz CT molecular complexity index is 934. The van der Waals surface area contributed by atoms with Crippen LogP contribution in [0, 0.1) is 57.4 Å². The topological polar surface area (TPSA) is 314 Å². The first-order valence-corrected chi connectivity index (χ1v) is 10.4. The van der Waals surface area contributed by atoms with Gasteiger partial charge >= 0.3 is 33.9 Å². The molecule has 0 aliphatic carbocycles. The summed E-state index contributed by atoms with van der Waals surface area (Å²) in [6.45, 7) is 36.6.